The molecule has 2 fully saturated rings. The minimum atomic E-state index is -2.23. The number of fused-ring (bicyclic) bond motifs is 1. The highest BCUT2D eigenvalue weighted by atomic mass is 16.6. The Morgan fingerprint density at radius 2 is 1.59 bits per heavy atom. The number of ether oxygens (including phenoxy) is 7. The molecule has 61 heavy (non-hydrogen) atoms. The topological polar surface area (TPSA) is 202 Å². The van der Waals surface area contributed by atoms with Crippen LogP contribution in [0.25, 0.3) is 0 Å². The largest absolute Gasteiger partial charge is 0.456 e. The summed E-state index contributed by atoms with van der Waals surface area (Å²) in [6.45, 7) is 12.9. The molecule has 0 radical (unpaired) electrons. The number of amides is 1. The van der Waals surface area contributed by atoms with E-state index in [0.717, 1.165) is 0 Å². The summed E-state index contributed by atoms with van der Waals surface area (Å²) >= 11 is 0. The lowest BCUT2D eigenvalue weighted by molar-refractivity contribution is -0.322. The molecule has 15 nitrogen and oxygen atoms in total. The van der Waals surface area contributed by atoms with Crippen LogP contribution in [-0.2, 0) is 47.5 Å². The number of nitrogens with one attached hydrogen (secondary N) is 1. The Bertz CT molecular complexity index is 1940. The predicted molar refractivity (Wildman–Crippen MR) is 220 cm³/mol. The zero-order valence-corrected chi connectivity index (χ0v) is 36.7. The predicted octanol–water partition coefficient (Wildman–Crippen LogP) is 5.35. The molecule has 0 spiro atoms. The molecule has 0 aromatic heterocycles. The van der Waals surface area contributed by atoms with Gasteiger partial charge in [0.25, 0.3) is 0 Å². The number of esters is 3. The Morgan fingerprint density at radius 3 is 2.11 bits per heavy atom. The van der Waals surface area contributed by atoms with Crippen molar-refractivity contribution in [3.8, 4) is 0 Å². The number of aliphatic hydroxyl groups is 2. The van der Waals surface area contributed by atoms with Crippen molar-refractivity contribution in [3.05, 3.63) is 82.9 Å². The number of methoxy groups -OCH3 is 2. The van der Waals surface area contributed by atoms with E-state index < -0.39 is 101 Å². The van der Waals surface area contributed by atoms with Gasteiger partial charge < -0.3 is 48.7 Å². The molecule has 3 aliphatic rings. The van der Waals surface area contributed by atoms with E-state index in [1.807, 2.05) is 0 Å². The van der Waals surface area contributed by atoms with Crippen LogP contribution >= 0.6 is 0 Å². The van der Waals surface area contributed by atoms with E-state index in [1.165, 1.54) is 21.1 Å². The summed E-state index contributed by atoms with van der Waals surface area (Å²) in [4.78, 5) is 68.2. The number of carbonyl (C=O) groups excluding carboxylic acids is 5. The number of benzene rings is 2. The highest BCUT2D eigenvalue weighted by molar-refractivity contribution is 5.89. The number of Topliss-reactive ketones (excluding diaryl/α,β-unsaturated/α-hetero) is 1. The molecule has 10 atom stereocenters. The standard InChI is InChI=1S/C46H61NO14/c1-11-32(49)38(56-10)35-26(2)33(58-41(52)37(50)36(28-18-14-12-15-19-28)47-42(53)61-43(4,5)6)24-46(54,44(35,7)8)39(59-40(51)29-20-16-13-17-21-29)31-22-30(55-9)23-34-45(31,25-57-34)60-27(3)48/h12-21,30-31,33-34,36-39,50,54H,11,22-25H2,1-10H3,(H,47,53)/t30-,31?,33+,34-,36?,37?,38+,39+,45-,46-/m1/s1. The SMILES string of the molecule is CCC(=O)[C@H](OC)C1=C(C)[C@@H](OC(=O)C(O)C(NC(=O)OC(C)(C)C)c2ccccc2)C[C@@](O)([C@@H](OC(=O)c2ccccc2)C2C[C@@H](OC)C[C@H]3OC[C@@]23OC(C)=O)C1(C)C. The van der Waals surface area contributed by atoms with E-state index >= 15 is 0 Å². The Morgan fingerprint density at radius 1 is 0.967 bits per heavy atom. The molecule has 3 N–H and O–H groups in total. The zero-order valence-electron chi connectivity index (χ0n) is 36.7. The van der Waals surface area contributed by atoms with E-state index in [1.54, 1.807) is 109 Å². The van der Waals surface area contributed by atoms with Gasteiger partial charge in [-0.2, -0.15) is 0 Å². The number of ketones is 1. The first kappa shape index (κ1) is 47.4. The first-order chi connectivity index (χ1) is 28.6. The summed E-state index contributed by atoms with van der Waals surface area (Å²) in [5, 5.41) is 28.1. The first-order valence-corrected chi connectivity index (χ1v) is 20.7. The van der Waals surface area contributed by atoms with Crippen LogP contribution in [0.15, 0.2) is 71.8 Å². The van der Waals surface area contributed by atoms with Crippen molar-refractivity contribution in [1.82, 2.24) is 5.32 Å². The summed E-state index contributed by atoms with van der Waals surface area (Å²) in [5.74, 6) is -3.90. The minimum absolute atomic E-state index is 0.0429. The summed E-state index contributed by atoms with van der Waals surface area (Å²) < 4.78 is 41.9. The Labute approximate surface area is 357 Å². The summed E-state index contributed by atoms with van der Waals surface area (Å²) in [6, 6.07) is 15.1. The highest BCUT2D eigenvalue weighted by Gasteiger charge is 2.70. The normalized spacial score (nSPS) is 27.8. The summed E-state index contributed by atoms with van der Waals surface area (Å²) in [5.41, 5.74) is -4.84. The van der Waals surface area contributed by atoms with Gasteiger partial charge in [-0.05, 0) is 63.0 Å². The maximum Gasteiger partial charge on any atom is 0.408 e. The molecule has 2 aromatic carbocycles. The third-order valence-electron chi connectivity index (χ3n) is 12.4. The van der Waals surface area contributed by atoms with Crippen molar-refractivity contribution in [3.63, 3.8) is 0 Å². The van der Waals surface area contributed by atoms with Gasteiger partial charge in [-0.15, -0.1) is 0 Å². The van der Waals surface area contributed by atoms with Crippen molar-refractivity contribution in [1.29, 1.82) is 0 Å². The second-order valence-corrected chi connectivity index (χ2v) is 17.7. The van der Waals surface area contributed by atoms with Gasteiger partial charge in [0.15, 0.2) is 17.5 Å². The van der Waals surface area contributed by atoms with Crippen LogP contribution in [0.1, 0.15) is 103 Å². The first-order valence-electron chi connectivity index (χ1n) is 20.7. The van der Waals surface area contributed by atoms with Crippen LogP contribution < -0.4 is 5.32 Å². The molecular formula is C46H61NO14. The van der Waals surface area contributed by atoms with Crippen LogP contribution in [0.3, 0.4) is 0 Å². The minimum Gasteiger partial charge on any atom is -0.456 e. The van der Waals surface area contributed by atoms with Gasteiger partial charge in [-0.1, -0.05) is 69.3 Å². The fourth-order valence-electron chi connectivity index (χ4n) is 9.19. The van der Waals surface area contributed by atoms with Crippen LogP contribution in [0.4, 0.5) is 4.79 Å². The number of hydrogen-bond acceptors (Lipinski definition) is 14. The van der Waals surface area contributed by atoms with Gasteiger partial charge in [0, 0.05) is 51.7 Å². The molecule has 1 saturated heterocycles. The zero-order chi connectivity index (χ0) is 45.1. The third kappa shape index (κ3) is 9.71. The van der Waals surface area contributed by atoms with Crippen molar-refractivity contribution >= 4 is 29.8 Å². The fourth-order valence-corrected chi connectivity index (χ4v) is 9.19. The van der Waals surface area contributed by atoms with Crippen LogP contribution in [0.5, 0.6) is 0 Å². The third-order valence-corrected chi connectivity index (χ3v) is 12.4. The maximum atomic E-state index is 14.3. The molecule has 3 unspecified atom stereocenters. The fraction of sp³-hybridized carbons (Fsp3) is 0.587. The van der Waals surface area contributed by atoms with Gasteiger partial charge in [0.2, 0.25) is 0 Å². The smallest absolute Gasteiger partial charge is 0.408 e. The van der Waals surface area contributed by atoms with Gasteiger partial charge in [0.05, 0.1) is 24.3 Å². The monoisotopic (exact) mass is 851 g/mol. The Hall–Kier alpha value is -4.67. The van der Waals surface area contributed by atoms with Gasteiger partial charge >= 0.3 is 24.0 Å². The van der Waals surface area contributed by atoms with E-state index in [2.05, 4.69) is 5.32 Å². The van der Waals surface area contributed by atoms with Crippen molar-refractivity contribution in [2.75, 3.05) is 20.8 Å². The number of alkyl carbamates (subject to hydrolysis) is 1. The van der Waals surface area contributed by atoms with Crippen molar-refractivity contribution < 1.29 is 67.3 Å². The molecule has 334 valence electrons. The summed E-state index contributed by atoms with van der Waals surface area (Å²) in [6.07, 6.45) is -8.11. The number of aliphatic hydroxyl groups excluding tert-OH is 1. The molecular weight excluding hydrogens is 790 g/mol. The Balaban J connectivity index is 1.67. The van der Waals surface area contributed by atoms with E-state index in [0.29, 0.717) is 17.6 Å². The van der Waals surface area contributed by atoms with E-state index in [9.17, 15) is 34.2 Å². The second-order valence-electron chi connectivity index (χ2n) is 17.7. The molecule has 2 aromatic rings. The van der Waals surface area contributed by atoms with Gasteiger partial charge in [-0.25, -0.2) is 14.4 Å². The van der Waals surface area contributed by atoms with E-state index in [-0.39, 0.29) is 36.4 Å². The van der Waals surface area contributed by atoms with Crippen molar-refractivity contribution in [2.24, 2.45) is 11.3 Å². The molecule has 1 heterocycles. The van der Waals surface area contributed by atoms with Crippen LogP contribution in [0, 0.1) is 11.3 Å². The lowest BCUT2D eigenvalue weighted by atomic mass is 9.53. The molecule has 0 bridgehead atoms. The van der Waals surface area contributed by atoms with Gasteiger partial charge in [-0.3, -0.25) is 9.59 Å². The lowest BCUT2D eigenvalue weighted by Gasteiger charge is -2.62. The quantitative estimate of drug-likeness (QED) is 0.118. The van der Waals surface area contributed by atoms with E-state index in [4.69, 9.17) is 33.2 Å². The van der Waals surface area contributed by atoms with Crippen LogP contribution in [-0.4, -0.2) is 114 Å². The molecule has 5 rings (SSSR count). The maximum absolute atomic E-state index is 14.3. The molecule has 1 saturated carbocycles. The number of carbonyl (C=O) groups is 5. The molecule has 2 aliphatic carbocycles. The van der Waals surface area contributed by atoms with Gasteiger partial charge in [0.1, 0.15) is 35.6 Å². The molecule has 1 amide bonds. The molecule has 1 aliphatic heterocycles. The van der Waals surface area contributed by atoms with Crippen LogP contribution in [0.2, 0.25) is 0 Å². The molecule has 15 heteroatoms. The lowest BCUT2D eigenvalue weighted by Crippen LogP contribution is -2.75. The highest BCUT2D eigenvalue weighted by Crippen LogP contribution is 2.58. The second kappa shape index (κ2) is 18.7. The average molecular weight is 852 g/mol. The van der Waals surface area contributed by atoms with Crippen molar-refractivity contribution in [2.45, 2.75) is 141 Å². The summed E-state index contributed by atoms with van der Waals surface area (Å²) in [7, 11) is 2.87. The number of hydrogen-bond donors (Lipinski definition) is 3. The average Bonchev–Trinajstić information content (AvgIpc) is 3.20. The Kier molecular flexibility index (Phi) is 14.6. The number of rotatable bonds is 15.